The normalized spacial score (nSPS) is 11.9. The average Bonchev–Trinajstić information content (AvgIpc) is 2.32. The summed E-state index contributed by atoms with van der Waals surface area (Å²) in [6, 6.07) is 5.66. The molecule has 0 saturated heterocycles. The second-order valence-electron chi connectivity index (χ2n) is 4.87. The van der Waals surface area contributed by atoms with Crippen molar-refractivity contribution in [3.63, 3.8) is 0 Å². The molecule has 0 spiro atoms. The molecule has 6 heteroatoms. The van der Waals surface area contributed by atoms with Gasteiger partial charge >= 0.3 is 6.18 Å². The zero-order valence-corrected chi connectivity index (χ0v) is 12.3. The molecule has 0 amide bonds. The first-order chi connectivity index (χ1) is 9.28. The number of hydrogen-bond donors (Lipinski definition) is 1. The Labute approximate surface area is 122 Å². The maximum absolute atomic E-state index is 12.0. The molecule has 0 bridgehead atoms. The predicted octanol–water partition coefficient (Wildman–Crippen LogP) is 4.56. The minimum absolute atomic E-state index is 0.00280. The summed E-state index contributed by atoms with van der Waals surface area (Å²) in [4.78, 5) is 0. The van der Waals surface area contributed by atoms with E-state index in [1.165, 1.54) is 0 Å². The highest BCUT2D eigenvalue weighted by Gasteiger charge is 2.26. The monoisotopic (exact) mass is 309 g/mol. The molecule has 1 aromatic carbocycles. The van der Waals surface area contributed by atoms with Crippen molar-refractivity contribution in [1.29, 1.82) is 0 Å². The van der Waals surface area contributed by atoms with Crippen LogP contribution in [0.15, 0.2) is 18.2 Å². The molecule has 0 heterocycles. The van der Waals surface area contributed by atoms with Crippen molar-refractivity contribution in [3.8, 4) is 5.75 Å². The van der Waals surface area contributed by atoms with Crippen LogP contribution >= 0.6 is 11.6 Å². The van der Waals surface area contributed by atoms with Crippen molar-refractivity contribution in [3.05, 3.63) is 28.8 Å². The van der Waals surface area contributed by atoms with Crippen LogP contribution in [-0.4, -0.2) is 18.8 Å². The molecule has 1 rings (SSSR count). The van der Waals surface area contributed by atoms with Crippen molar-refractivity contribution in [2.75, 3.05) is 6.61 Å². The summed E-state index contributed by atoms with van der Waals surface area (Å²) in [7, 11) is 0. The Bertz CT molecular complexity index is 421. The van der Waals surface area contributed by atoms with E-state index in [1.807, 2.05) is 19.9 Å². The van der Waals surface area contributed by atoms with Crippen LogP contribution in [0.4, 0.5) is 13.2 Å². The minimum atomic E-state index is -4.14. The van der Waals surface area contributed by atoms with E-state index in [-0.39, 0.29) is 13.0 Å². The fourth-order valence-corrected chi connectivity index (χ4v) is 1.81. The third-order valence-corrected chi connectivity index (χ3v) is 2.87. The SMILES string of the molecule is CC(C)NCc1ccc(OCCCC(F)(F)F)c(Cl)c1. The molecule has 0 aromatic heterocycles. The molecular weight excluding hydrogens is 291 g/mol. The molecule has 1 aromatic rings. The Morgan fingerprint density at radius 1 is 1.30 bits per heavy atom. The van der Waals surface area contributed by atoms with Gasteiger partial charge in [-0.3, -0.25) is 0 Å². The Balaban J connectivity index is 2.43. The highest BCUT2D eigenvalue weighted by atomic mass is 35.5. The first-order valence-electron chi connectivity index (χ1n) is 6.49. The molecule has 0 aliphatic rings. The summed E-state index contributed by atoms with van der Waals surface area (Å²) in [5.74, 6) is 0.419. The van der Waals surface area contributed by atoms with E-state index >= 15 is 0 Å². The molecular formula is C14H19ClF3NO. The lowest BCUT2D eigenvalue weighted by atomic mass is 10.2. The summed E-state index contributed by atoms with van der Waals surface area (Å²) in [5, 5.41) is 3.67. The van der Waals surface area contributed by atoms with Crippen LogP contribution in [0.5, 0.6) is 5.75 Å². The van der Waals surface area contributed by atoms with Crippen molar-refractivity contribution in [2.24, 2.45) is 0 Å². The Kier molecular flexibility index (Phi) is 6.62. The molecule has 1 N–H and O–H groups in total. The highest BCUT2D eigenvalue weighted by molar-refractivity contribution is 6.32. The Hall–Kier alpha value is -0.940. The van der Waals surface area contributed by atoms with E-state index in [0.717, 1.165) is 5.56 Å². The van der Waals surface area contributed by atoms with Crippen molar-refractivity contribution in [1.82, 2.24) is 5.32 Å². The van der Waals surface area contributed by atoms with Crippen molar-refractivity contribution >= 4 is 11.6 Å². The van der Waals surface area contributed by atoms with Gasteiger partial charge in [0.2, 0.25) is 0 Å². The highest BCUT2D eigenvalue weighted by Crippen LogP contribution is 2.26. The molecule has 0 atom stereocenters. The van der Waals surface area contributed by atoms with Gasteiger partial charge in [0.15, 0.2) is 0 Å². The minimum Gasteiger partial charge on any atom is -0.492 e. The molecule has 0 unspecified atom stereocenters. The number of hydrogen-bond acceptors (Lipinski definition) is 2. The summed E-state index contributed by atoms with van der Waals surface area (Å²) in [6.07, 6.45) is -5.06. The zero-order chi connectivity index (χ0) is 15.2. The van der Waals surface area contributed by atoms with Gasteiger partial charge in [0.05, 0.1) is 11.6 Å². The van der Waals surface area contributed by atoms with Crippen LogP contribution in [0.2, 0.25) is 5.02 Å². The van der Waals surface area contributed by atoms with Crippen LogP contribution in [-0.2, 0) is 6.54 Å². The van der Waals surface area contributed by atoms with Gasteiger partial charge in [0, 0.05) is 19.0 Å². The van der Waals surface area contributed by atoms with Crippen molar-refractivity contribution in [2.45, 2.75) is 45.5 Å². The number of halogens is 4. The van der Waals surface area contributed by atoms with E-state index < -0.39 is 12.6 Å². The standard InChI is InChI=1S/C14H19ClF3NO/c1-10(2)19-9-11-4-5-13(12(15)8-11)20-7-3-6-14(16,17)18/h4-5,8,10,19H,3,6-7,9H2,1-2H3. The molecule has 2 nitrogen and oxygen atoms in total. The first-order valence-corrected chi connectivity index (χ1v) is 6.87. The first kappa shape index (κ1) is 17.1. The van der Waals surface area contributed by atoms with E-state index in [0.29, 0.717) is 23.4 Å². The van der Waals surface area contributed by atoms with Gasteiger partial charge in [-0.25, -0.2) is 0 Å². The van der Waals surface area contributed by atoms with Crippen LogP contribution in [0.3, 0.4) is 0 Å². The molecule has 0 aliphatic carbocycles. The van der Waals surface area contributed by atoms with Gasteiger partial charge in [0.25, 0.3) is 0 Å². The number of rotatable bonds is 7. The van der Waals surface area contributed by atoms with E-state index in [9.17, 15) is 13.2 Å². The van der Waals surface area contributed by atoms with Crippen LogP contribution in [0.1, 0.15) is 32.3 Å². The van der Waals surface area contributed by atoms with Crippen LogP contribution in [0.25, 0.3) is 0 Å². The average molecular weight is 310 g/mol. The number of ether oxygens (including phenoxy) is 1. The number of nitrogens with one attached hydrogen (secondary N) is 1. The molecule has 20 heavy (non-hydrogen) atoms. The fraction of sp³-hybridized carbons (Fsp3) is 0.571. The summed E-state index contributed by atoms with van der Waals surface area (Å²) >= 11 is 6.04. The van der Waals surface area contributed by atoms with E-state index in [2.05, 4.69) is 5.32 Å². The topological polar surface area (TPSA) is 21.3 Å². The smallest absolute Gasteiger partial charge is 0.389 e. The van der Waals surface area contributed by atoms with Crippen LogP contribution < -0.4 is 10.1 Å². The lowest BCUT2D eigenvalue weighted by Crippen LogP contribution is -2.21. The Morgan fingerprint density at radius 2 is 2.00 bits per heavy atom. The van der Waals surface area contributed by atoms with Gasteiger partial charge in [-0.15, -0.1) is 0 Å². The largest absolute Gasteiger partial charge is 0.492 e. The van der Waals surface area contributed by atoms with Gasteiger partial charge < -0.3 is 10.1 Å². The van der Waals surface area contributed by atoms with E-state index in [4.69, 9.17) is 16.3 Å². The van der Waals surface area contributed by atoms with Crippen LogP contribution in [0, 0.1) is 0 Å². The maximum Gasteiger partial charge on any atom is 0.389 e. The zero-order valence-electron chi connectivity index (χ0n) is 11.6. The summed E-state index contributed by atoms with van der Waals surface area (Å²) in [6.45, 7) is 4.77. The second kappa shape index (κ2) is 7.74. The predicted molar refractivity (Wildman–Crippen MR) is 74.2 cm³/mol. The molecule has 0 radical (unpaired) electrons. The fourth-order valence-electron chi connectivity index (χ4n) is 1.55. The number of benzene rings is 1. The van der Waals surface area contributed by atoms with Gasteiger partial charge in [-0.05, 0) is 24.1 Å². The Morgan fingerprint density at radius 3 is 2.55 bits per heavy atom. The van der Waals surface area contributed by atoms with Gasteiger partial charge in [0.1, 0.15) is 5.75 Å². The quantitative estimate of drug-likeness (QED) is 0.746. The van der Waals surface area contributed by atoms with Gasteiger partial charge in [-0.1, -0.05) is 31.5 Å². The van der Waals surface area contributed by atoms with Crippen molar-refractivity contribution < 1.29 is 17.9 Å². The maximum atomic E-state index is 12.0. The third kappa shape index (κ3) is 7.01. The lowest BCUT2D eigenvalue weighted by Gasteiger charge is -2.12. The van der Waals surface area contributed by atoms with Gasteiger partial charge in [-0.2, -0.15) is 13.2 Å². The summed E-state index contributed by atoms with van der Waals surface area (Å²) in [5.41, 5.74) is 1.01. The molecule has 0 aliphatic heterocycles. The third-order valence-electron chi connectivity index (χ3n) is 2.57. The van der Waals surface area contributed by atoms with E-state index in [1.54, 1.807) is 12.1 Å². The second-order valence-corrected chi connectivity index (χ2v) is 5.27. The summed E-state index contributed by atoms with van der Waals surface area (Å²) < 4.78 is 41.2. The molecule has 0 fully saturated rings. The molecule has 114 valence electrons. The lowest BCUT2D eigenvalue weighted by molar-refractivity contribution is -0.136. The molecule has 0 saturated carbocycles. The number of alkyl halides is 3.